The van der Waals surface area contributed by atoms with Crippen LogP contribution in [0.25, 0.3) is 0 Å². The fraction of sp³-hybridized carbons (Fsp3) is 0.500. The minimum absolute atomic E-state index is 0.0472. The fourth-order valence-electron chi connectivity index (χ4n) is 2.49. The van der Waals surface area contributed by atoms with Crippen molar-refractivity contribution in [3.8, 4) is 0 Å². The third kappa shape index (κ3) is 4.28. The number of urea groups is 1. The van der Waals surface area contributed by atoms with E-state index in [4.69, 9.17) is 16.3 Å². The lowest BCUT2D eigenvalue weighted by Gasteiger charge is -2.36. The van der Waals surface area contributed by atoms with E-state index in [1.54, 1.807) is 23.1 Å². The zero-order valence-corrected chi connectivity index (χ0v) is 14.4. The SMILES string of the molecule is COC(=O)c1ccc(Cl)c(N2CCN(C(=O)NC(C)C)CC2)c1. The van der Waals surface area contributed by atoms with E-state index in [1.807, 2.05) is 13.8 Å². The van der Waals surface area contributed by atoms with Crippen LogP contribution in [-0.4, -0.2) is 56.2 Å². The van der Waals surface area contributed by atoms with Crippen molar-refractivity contribution in [3.05, 3.63) is 28.8 Å². The van der Waals surface area contributed by atoms with Gasteiger partial charge in [0.05, 0.1) is 23.4 Å². The van der Waals surface area contributed by atoms with Crippen LogP contribution in [0.4, 0.5) is 10.5 Å². The number of piperazine rings is 1. The van der Waals surface area contributed by atoms with E-state index in [9.17, 15) is 9.59 Å². The van der Waals surface area contributed by atoms with Crippen molar-refractivity contribution in [1.82, 2.24) is 10.2 Å². The number of amides is 2. The molecule has 1 fully saturated rings. The molecule has 7 heteroatoms. The molecule has 0 spiro atoms. The number of benzene rings is 1. The van der Waals surface area contributed by atoms with Gasteiger partial charge in [0.1, 0.15) is 0 Å². The first-order valence-corrected chi connectivity index (χ1v) is 7.98. The summed E-state index contributed by atoms with van der Waals surface area (Å²) >= 11 is 6.26. The fourth-order valence-corrected chi connectivity index (χ4v) is 2.73. The number of nitrogens with one attached hydrogen (secondary N) is 1. The van der Waals surface area contributed by atoms with Gasteiger partial charge >= 0.3 is 12.0 Å². The molecule has 1 aliphatic heterocycles. The number of hydrogen-bond donors (Lipinski definition) is 1. The lowest BCUT2D eigenvalue weighted by Crippen LogP contribution is -2.53. The zero-order chi connectivity index (χ0) is 17.0. The Kier molecular flexibility index (Phi) is 5.71. The predicted octanol–water partition coefficient (Wildman–Crippen LogP) is 2.37. The van der Waals surface area contributed by atoms with Gasteiger partial charge in [0.2, 0.25) is 0 Å². The quantitative estimate of drug-likeness (QED) is 0.859. The standard InChI is InChI=1S/C16H22ClN3O3/c1-11(2)18-16(22)20-8-6-19(7-9-20)14-10-12(15(21)23-3)4-5-13(14)17/h4-5,10-11H,6-9H2,1-3H3,(H,18,22). The summed E-state index contributed by atoms with van der Waals surface area (Å²) in [5.41, 5.74) is 1.25. The molecule has 0 radical (unpaired) electrons. The van der Waals surface area contributed by atoms with Gasteiger partial charge < -0.3 is 19.9 Å². The molecule has 0 aliphatic carbocycles. The molecule has 0 unspecified atom stereocenters. The highest BCUT2D eigenvalue weighted by atomic mass is 35.5. The second-order valence-electron chi connectivity index (χ2n) is 5.74. The van der Waals surface area contributed by atoms with E-state index in [0.29, 0.717) is 36.8 Å². The van der Waals surface area contributed by atoms with E-state index in [-0.39, 0.29) is 12.1 Å². The molecule has 23 heavy (non-hydrogen) atoms. The Bertz CT molecular complexity index is 584. The summed E-state index contributed by atoms with van der Waals surface area (Å²) < 4.78 is 4.74. The molecular weight excluding hydrogens is 318 g/mol. The number of ether oxygens (including phenoxy) is 1. The van der Waals surface area contributed by atoms with Crippen LogP contribution in [0, 0.1) is 0 Å². The largest absolute Gasteiger partial charge is 0.465 e. The smallest absolute Gasteiger partial charge is 0.337 e. The van der Waals surface area contributed by atoms with Crippen molar-refractivity contribution in [2.75, 3.05) is 38.2 Å². The lowest BCUT2D eigenvalue weighted by molar-refractivity contribution is 0.0600. The maximum absolute atomic E-state index is 12.0. The molecule has 1 N–H and O–H groups in total. The van der Waals surface area contributed by atoms with Gasteiger partial charge in [-0.15, -0.1) is 0 Å². The van der Waals surface area contributed by atoms with Gasteiger partial charge in [-0.1, -0.05) is 11.6 Å². The highest BCUT2D eigenvalue weighted by Crippen LogP contribution is 2.28. The topological polar surface area (TPSA) is 61.9 Å². The molecular formula is C16H22ClN3O3. The molecule has 2 amide bonds. The second kappa shape index (κ2) is 7.55. The first-order chi connectivity index (χ1) is 10.9. The highest BCUT2D eigenvalue weighted by molar-refractivity contribution is 6.33. The van der Waals surface area contributed by atoms with E-state index in [0.717, 1.165) is 5.69 Å². The molecule has 1 aromatic carbocycles. The van der Waals surface area contributed by atoms with Crippen LogP contribution in [0.1, 0.15) is 24.2 Å². The van der Waals surface area contributed by atoms with Gasteiger partial charge in [0.15, 0.2) is 0 Å². The van der Waals surface area contributed by atoms with E-state index >= 15 is 0 Å². The van der Waals surface area contributed by atoms with Crippen LogP contribution in [0.3, 0.4) is 0 Å². The number of carbonyl (C=O) groups excluding carboxylic acids is 2. The molecule has 0 aromatic heterocycles. The summed E-state index contributed by atoms with van der Waals surface area (Å²) in [6.45, 7) is 6.42. The Labute approximate surface area is 141 Å². The van der Waals surface area contributed by atoms with Gasteiger partial charge in [0, 0.05) is 32.2 Å². The summed E-state index contributed by atoms with van der Waals surface area (Å²) in [5.74, 6) is -0.391. The van der Waals surface area contributed by atoms with Crippen molar-refractivity contribution >= 4 is 29.3 Å². The van der Waals surface area contributed by atoms with Gasteiger partial charge in [-0.2, -0.15) is 0 Å². The zero-order valence-electron chi connectivity index (χ0n) is 13.6. The normalized spacial score (nSPS) is 14.8. The van der Waals surface area contributed by atoms with Crippen LogP contribution in [0.5, 0.6) is 0 Å². The Balaban J connectivity index is 2.05. The number of anilines is 1. The van der Waals surface area contributed by atoms with Crippen molar-refractivity contribution in [2.24, 2.45) is 0 Å². The van der Waals surface area contributed by atoms with Gasteiger partial charge in [-0.3, -0.25) is 0 Å². The van der Waals surface area contributed by atoms with Gasteiger partial charge in [-0.05, 0) is 32.0 Å². The van der Waals surface area contributed by atoms with E-state index < -0.39 is 5.97 Å². The third-order valence-electron chi connectivity index (χ3n) is 3.69. The van der Waals surface area contributed by atoms with Crippen molar-refractivity contribution in [2.45, 2.75) is 19.9 Å². The number of rotatable bonds is 3. The Morgan fingerprint density at radius 1 is 1.22 bits per heavy atom. The van der Waals surface area contributed by atoms with Gasteiger partial charge in [-0.25, -0.2) is 9.59 Å². The Hall–Kier alpha value is -1.95. The predicted molar refractivity (Wildman–Crippen MR) is 90.2 cm³/mol. The number of hydrogen-bond acceptors (Lipinski definition) is 4. The Morgan fingerprint density at radius 3 is 2.43 bits per heavy atom. The number of nitrogens with zero attached hydrogens (tertiary/aromatic N) is 2. The van der Waals surface area contributed by atoms with Crippen LogP contribution in [-0.2, 0) is 4.74 Å². The molecule has 0 bridgehead atoms. The average Bonchev–Trinajstić information content (AvgIpc) is 2.54. The number of methoxy groups -OCH3 is 1. The molecule has 1 heterocycles. The van der Waals surface area contributed by atoms with Crippen LogP contribution in [0.15, 0.2) is 18.2 Å². The monoisotopic (exact) mass is 339 g/mol. The van der Waals surface area contributed by atoms with Gasteiger partial charge in [0.25, 0.3) is 0 Å². The van der Waals surface area contributed by atoms with Crippen LogP contribution < -0.4 is 10.2 Å². The van der Waals surface area contributed by atoms with E-state index in [1.165, 1.54) is 7.11 Å². The minimum atomic E-state index is -0.391. The maximum atomic E-state index is 12.0. The molecule has 1 saturated heterocycles. The summed E-state index contributed by atoms with van der Waals surface area (Å²) in [6, 6.07) is 5.14. The lowest BCUT2D eigenvalue weighted by atomic mass is 10.1. The Morgan fingerprint density at radius 2 is 1.87 bits per heavy atom. The average molecular weight is 340 g/mol. The minimum Gasteiger partial charge on any atom is -0.465 e. The first kappa shape index (κ1) is 17.4. The van der Waals surface area contributed by atoms with E-state index in [2.05, 4.69) is 10.2 Å². The molecule has 0 atom stereocenters. The maximum Gasteiger partial charge on any atom is 0.337 e. The second-order valence-corrected chi connectivity index (χ2v) is 6.14. The summed E-state index contributed by atoms with van der Waals surface area (Å²) in [4.78, 5) is 27.5. The third-order valence-corrected chi connectivity index (χ3v) is 4.01. The summed E-state index contributed by atoms with van der Waals surface area (Å²) in [7, 11) is 1.35. The summed E-state index contributed by atoms with van der Waals surface area (Å²) in [6.07, 6.45) is 0. The highest BCUT2D eigenvalue weighted by Gasteiger charge is 2.23. The van der Waals surface area contributed by atoms with Crippen molar-refractivity contribution < 1.29 is 14.3 Å². The van der Waals surface area contributed by atoms with Crippen molar-refractivity contribution in [3.63, 3.8) is 0 Å². The number of halogens is 1. The van der Waals surface area contributed by atoms with Crippen LogP contribution in [0.2, 0.25) is 5.02 Å². The molecule has 6 nitrogen and oxygen atoms in total. The number of carbonyl (C=O) groups is 2. The molecule has 126 valence electrons. The van der Waals surface area contributed by atoms with Crippen molar-refractivity contribution in [1.29, 1.82) is 0 Å². The molecule has 2 rings (SSSR count). The summed E-state index contributed by atoms with van der Waals surface area (Å²) in [5, 5.41) is 3.47. The molecule has 1 aromatic rings. The number of esters is 1. The first-order valence-electron chi connectivity index (χ1n) is 7.60. The molecule has 0 saturated carbocycles. The molecule has 1 aliphatic rings. The van der Waals surface area contributed by atoms with Crippen LogP contribution >= 0.6 is 11.6 Å².